The molecule has 0 saturated carbocycles. The highest BCUT2D eigenvalue weighted by atomic mass is 32.1. The van der Waals surface area contributed by atoms with Crippen LogP contribution in [0.4, 0.5) is 0 Å². The smallest absolute Gasteiger partial charge is 0.276 e. The van der Waals surface area contributed by atoms with E-state index in [2.05, 4.69) is 4.90 Å². The van der Waals surface area contributed by atoms with E-state index in [1.165, 1.54) is 0 Å². The van der Waals surface area contributed by atoms with Gasteiger partial charge in [0.25, 0.3) is 5.91 Å². The largest absolute Gasteiger partial charge is 0.379 e. The molecule has 0 spiro atoms. The summed E-state index contributed by atoms with van der Waals surface area (Å²) in [5, 5.41) is 0.574. The van der Waals surface area contributed by atoms with Gasteiger partial charge in [0.05, 0.1) is 13.2 Å². The number of hydrogen-bond acceptors (Lipinski definition) is 4. The maximum Gasteiger partial charge on any atom is 0.276 e. The lowest BCUT2D eigenvalue weighted by molar-refractivity contribution is -0.122. The Kier molecular flexibility index (Phi) is 5.05. The van der Waals surface area contributed by atoms with Crippen LogP contribution in [0.2, 0.25) is 0 Å². The second-order valence-corrected chi connectivity index (χ2v) is 6.06. The fourth-order valence-electron chi connectivity index (χ4n) is 2.78. The molecule has 23 heavy (non-hydrogen) atoms. The fraction of sp³-hybridized carbons (Fsp3) is 0.412. The van der Waals surface area contributed by atoms with E-state index in [0.717, 1.165) is 38.4 Å². The number of nitrogens with zero attached hydrogens (tertiary/aromatic N) is 3. The number of hydrogen-bond donors (Lipinski definition) is 0. The molecule has 0 N–H and O–H groups in total. The lowest BCUT2D eigenvalue weighted by atomic mass is 10.2. The highest BCUT2D eigenvalue weighted by Gasteiger charge is 2.35. The molecule has 1 amide bonds. The van der Waals surface area contributed by atoms with E-state index in [1.54, 1.807) is 9.80 Å². The van der Waals surface area contributed by atoms with Crippen LogP contribution >= 0.6 is 12.2 Å². The Bertz CT molecular complexity index is 612. The number of rotatable bonds is 4. The minimum Gasteiger partial charge on any atom is -0.379 e. The number of amides is 1. The minimum absolute atomic E-state index is 0.0189. The summed E-state index contributed by atoms with van der Waals surface area (Å²) >= 11 is 5.45. The number of morpholine rings is 1. The summed E-state index contributed by atoms with van der Waals surface area (Å²) in [6.07, 6.45) is 1.89. The first-order chi connectivity index (χ1) is 11.2. The quantitative estimate of drug-likeness (QED) is 0.616. The summed E-state index contributed by atoms with van der Waals surface area (Å²) in [5.74, 6) is -0.0189. The van der Waals surface area contributed by atoms with Crippen LogP contribution in [0.25, 0.3) is 6.08 Å². The topological polar surface area (TPSA) is 36.0 Å². The number of benzene rings is 1. The Labute approximate surface area is 142 Å². The van der Waals surface area contributed by atoms with E-state index in [1.807, 2.05) is 43.5 Å². The molecule has 122 valence electrons. The first kappa shape index (κ1) is 16.1. The standard InChI is InChI=1S/C17H21N3O2S/c1-18-15(13-14-5-3-2-4-6-14)16(21)20(17(18)23)8-7-19-9-11-22-12-10-19/h2-6,13H,7-12H2,1H3/b15-13+. The van der Waals surface area contributed by atoms with Gasteiger partial charge >= 0.3 is 0 Å². The molecule has 1 aromatic rings. The third-order valence-corrected chi connectivity index (χ3v) is 4.68. The van der Waals surface area contributed by atoms with Crippen molar-refractivity contribution >= 4 is 29.3 Å². The van der Waals surface area contributed by atoms with Gasteiger partial charge in [-0.2, -0.15) is 0 Å². The van der Waals surface area contributed by atoms with Crippen LogP contribution in [0, 0.1) is 0 Å². The Hall–Kier alpha value is -1.76. The van der Waals surface area contributed by atoms with Crippen LogP contribution < -0.4 is 0 Å². The average molecular weight is 331 g/mol. The summed E-state index contributed by atoms with van der Waals surface area (Å²) in [4.78, 5) is 18.5. The van der Waals surface area contributed by atoms with E-state index in [9.17, 15) is 4.79 Å². The molecule has 0 radical (unpaired) electrons. The molecule has 0 aromatic heterocycles. The number of ether oxygens (including phenoxy) is 1. The maximum absolute atomic E-state index is 12.7. The second-order valence-electron chi connectivity index (χ2n) is 5.69. The van der Waals surface area contributed by atoms with Crippen LogP contribution in [0.1, 0.15) is 5.56 Å². The van der Waals surface area contributed by atoms with Gasteiger partial charge in [0.15, 0.2) is 5.11 Å². The monoisotopic (exact) mass is 331 g/mol. The zero-order valence-electron chi connectivity index (χ0n) is 13.3. The van der Waals surface area contributed by atoms with E-state index in [0.29, 0.717) is 17.4 Å². The van der Waals surface area contributed by atoms with Crippen molar-refractivity contribution in [2.75, 3.05) is 46.4 Å². The van der Waals surface area contributed by atoms with Crippen LogP contribution in [0.3, 0.4) is 0 Å². The summed E-state index contributed by atoms with van der Waals surface area (Å²) in [6.45, 7) is 4.79. The van der Waals surface area contributed by atoms with E-state index < -0.39 is 0 Å². The SMILES string of the molecule is CN1C(=S)N(CCN2CCOCC2)C(=O)/C1=C\c1ccccc1. The normalized spacial score (nSPS) is 21.5. The molecule has 2 heterocycles. The zero-order valence-corrected chi connectivity index (χ0v) is 14.1. The summed E-state index contributed by atoms with van der Waals surface area (Å²) in [7, 11) is 1.85. The van der Waals surface area contributed by atoms with Gasteiger partial charge in [-0.3, -0.25) is 14.6 Å². The van der Waals surface area contributed by atoms with Crippen molar-refractivity contribution in [1.29, 1.82) is 0 Å². The third-order valence-electron chi connectivity index (χ3n) is 4.19. The predicted molar refractivity (Wildman–Crippen MR) is 93.8 cm³/mol. The van der Waals surface area contributed by atoms with Crippen LogP contribution in [-0.2, 0) is 9.53 Å². The van der Waals surface area contributed by atoms with Crippen molar-refractivity contribution < 1.29 is 9.53 Å². The molecular weight excluding hydrogens is 310 g/mol. The highest BCUT2D eigenvalue weighted by Crippen LogP contribution is 2.22. The molecule has 0 atom stereocenters. The minimum atomic E-state index is -0.0189. The Morgan fingerprint density at radius 2 is 1.87 bits per heavy atom. The summed E-state index contributed by atoms with van der Waals surface area (Å²) < 4.78 is 5.35. The first-order valence-corrected chi connectivity index (χ1v) is 8.24. The van der Waals surface area contributed by atoms with E-state index in [4.69, 9.17) is 17.0 Å². The van der Waals surface area contributed by atoms with Crippen molar-refractivity contribution in [2.24, 2.45) is 0 Å². The molecule has 2 saturated heterocycles. The zero-order chi connectivity index (χ0) is 16.2. The van der Waals surface area contributed by atoms with Gasteiger partial charge in [-0.05, 0) is 23.9 Å². The van der Waals surface area contributed by atoms with Gasteiger partial charge in [-0.25, -0.2) is 0 Å². The molecule has 2 aliphatic rings. The second kappa shape index (κ2) is 7.21. The third kappa shape index (κ3) is 3.60. The lowest BCUT2D eigenvalue weighted by Gasteiger charge is -2.28. The molecule has 5 nitrogen and oxygen atoms in total. The molecule has 0 unspecified atom stereocenters. The Balaban J connectivity index is 1.69. The van der Waals surface area contributed by atoms with Crippen molar-refractivity contribution in [2.45, 2.75) is 0 Å². The van der Waals surface area contributed by atoms with Crippen molar-refractivity contribution in [3.8, 4) is 0 Å². The molecule has 3 rings (SSSR count). The van der Waals surface area contributed by atoms with Gasteiger partial charge in [-0.1, -0.05) is 30.3 Å². The lowest BCUT2D eigenvalue weighted by Crippen LogP contribution is -2.43. The van der Waals surface area contributed by atoms with Crippen LogP contribution in [0.15, 0.2) is 36.0 Å². The molecule has 6 heteroatoms. The molecule has 0 aliphatic carbocycles. The van der Waals surface area contributed by atoms with Gasteiger partial charge < -0.3 is 9.64 Å². The number of thiocarbonyl (C=S) groups is 1. The summed E-state index contributed by atoms with van der Waals surface area (Å²) in [6, 6.07) is 9.84. The highest BCUT2D eigenvalue weighted by molar-refractivity contribution is 7.80. The maximum atomic E-state index is 12.7. The Morgan fingerprint density at radius 3 is 2.57 bits per heavy atom. The van der Waals surface area contributed by atoms with Gasteiger partial charge in [-0.15, -0.1) is 0 Å². The molecule has 2 fully saturated rings. The fourth-order valence-corrected chi connectivity index (χ4v) is 3.05. The summed E-state index contributed by atoms with van der Waals surface area (Å²) in [5.41, 5.74) is 1.63. The molecule has 0 bridgehead atoms. The molecule has 1 aromatic carbocycles. The van der Waals surface area contributed by atoms with E-state index >= 15 is 0 Å². The van der Waals surface area contributed by atoms with Gasteiger partial charge in [0, 0.05) is 33.2 Å². The first-order valence-electron chi connectivity index (χ1n) is 7.83. The van der Waals surface area contributed by atoms with E-state index in [-0.39, 0.29) is 5.91 Å². The molecule has 2 aliphatic heterocycles. The van der Waals surface area contributed by atoms with Crippen molar-refractivity contribution in [1.82, 2.24) is 14.7 Å². The van der Waals surface area contributed by atoms with Gasteiger partial charge in [0.2, 0.25) is 0 Å². The Morgan fingerprint density at radius 1 is 1.17 bits per heavy atom. The number of carbonyl (C=O) groups excluding carboxylic acids is 1. The van der Waals surface area contributed by atoms with Crippen molar-refractivity contribution in [3.63, 3.8) is 0 Å². The van der Waals surface area contributed by atoms with Crippen molar-refractivity contribution in [3.05, 3.63) is 41.6 Å². The van der Waals surface area contributed by atoms with Crippen LogP contribution in [0.5, 0.6) is 0 Å². The average Bonchev–Trinajstić information content (AvgIpc) is 2.79. The van der Waals surface area contributed by atoms with Crippen LogP contribution in [-0.4, -0.2) is 72.2 Å². The predicted octanol–water partition coefficient (Wildman–Crippen LogP) is 1.42. The number of carbonyl (C=O) groups is 1. The number of likely N-dealkylation sites (N-methyl/N-ethyl adjacent to an activating group) is 1. The molecular formula is C17H21N3O2S. The van der Waals surface area contributed by atoms with Gasteiger partial charge in [0.1, 0.15) is 5.70 Å².